The molecule has 1 fully saturated rings. The topological polar surface area (TPSA) is 107 Å². The Morgan fingerprint density at radius 1 is 1.27 bits per heavy atom. The molecule has 3 rings (SSSR count). The van der Waals surface area contributed by atoms with E-state index in [0.717, 1.165) is 10.2 Å². The van der Waals surface area contributed by atoms with Crippen molar-refractivity contribution in [1.82, 2.24) is 8.87 Å². The molecule has 0 unspecified atom stereocenters. The number of benzene rings is 1. The summed E-state index contributed by atoms with van der Waals surface area (Å²) in [6.45, 7) is 2.55. The molecule has 1 aliphatic heterocycles. The summed E-state index contributed by atoms with van der Waals surface area (Å²) in [6, 6.07) is 5.43. The van der Waals surface area contributed by atoms with Crippen LogP contribution >= 0.6 is 11.3 Å². The van der Waals surface area contributed by atoms with Gasteiger partial charge in [-0.05, 0) is 38.0 Å². The van der Waals surface area contributed by atoms with E-state index >= 15 is 0 Å². The molecule has 0 spiro atoms. The van der Waals surface area contributed by atoms with Gasteiger partial charge in [-0.2, -0.15) is 4.99 Å². The van der Waals surface area contributed by atoms with Crippen LogP contribution in [0.2, 0.25) is 0 Å². The lowest BCUT2D eigenvalue weighted by molar-refractivity contribution is -0.143. The van der Waals surface area contributed by atoms with Crippen molar-refractivity contribution in [2.75, 3.05) is 33.1 Å². The summed E-state index contributed by atoms with van der Waals surface area (Å²) in [7, 11) is -1.69. The van der Waals surface area contributed by atoms with Crippen molar-refractivity contribution in [2.45, 2.75) is 26.3 Å². The highest BCUT2D eigenvalue weighted by Crippen LogP contribution is 2.24. The fourth-order valence-corrected chi connectivity index (χ4v) is 5.31. The minimum Gasteiger partial charge on any atom is -0.497 e. The van der Waals surface area contributed by atoms with Crippen molar-refractivity contribution in [3.8, 4) is 5.75 Å². The average molecular weight is 456 g/mol. The van der Waals surface area contributed by atoms with E-state index in [-0.39, 0.29) is 25.0 Å². The molecular formula is C19H25N3O6S2. The first-order valence-corrected chi connectivity index (χ1v) is 12.3. The third-order valence-corrected chi connectivity index (χ3v) is 7.30. The second-order valence-corrected chi connectivity index (χ2v) is 9.99. The lowest BCUT2D eigenvalue weighted by atomic mass is 9.98. The van der Waals surface area contributed by atoms with Crippen LogP contribution in [0.15, 0.2) is 23.2 Å². The van der Waals surface area contributed by atoms with Crippen molar-refractivity contribution in [3.63, 3.8) is 0 Å². The molecule has 11 heteroatoms. The molecule has 0 bridgehead atoms. The first-order chi connectivity index (χ1) is 14.2. The highest BCUT2D eigenvalue weighted by Gasteiger charge is 2.29. The van der Waals surface area contributed by atoms with Crippen LogP contribution in [-0.4, -0.2) is 62.2 Å². The fraction of sp³-hybridized carbons (Fsp3) is 0.526. The van der Waals surface area contributed by atoms with E-state index in [1.807, 2.05) is 12.1 Å². The first kappa shape index (κ1) is 22.4. The maximum Gasteiger partial charge on any atom is 0.326 e. The molecule has 1 aromatic carbocycles. The quantitative estimate of drug-likeness (QED) is 0.609. The molecule has 164 valence electrons. The van der Waals surface area contributed by atoms with Gasteiger partial charge in [0.2, 0.25) is 10.0 Å². The summed E-state index contributed by atoms with van der Waals surface area (Å²) in [5.74, 6) is -0.403. The van der Waals surface area contributed by atoms with Gasteiger partial charge in [-0.1, -0.05) is 11.3 Å². The Labute approximate surface area is 179 Å². The van der Waals surface area contributed by atoms with Crippen molar-refractivity contribution in [1.29, 1.82) is 0 Å². The van der Waals surface area contributed by atoms with E-state index in [1.165, 1.54) is 21.9 Å². The van der Waals surface area contributed by atoms with Crippen molar-refractivity contribution in [3.05, 3.63) is 23.0 Å². The van der Waals surface area contributed by atoms with Gasteiger partial charge in [-0.15, -0.1) is 0 Å². The molecule has 0 atom stereocenters. The number of fused-ring (bicyclic) bond motifs is 1. The first-order valence-electron chi connectivity index (χ1n) is 9.59. The molecule has 0 N–H and O–H groups in total. The number of esters is 1. The van der Waals surface area contributed by atoms with E-state index in [9.17, 15) is 18.0 Å². The molecule has 2 aromatic rings. The summed E-state index contributed by atoms with van der Waals surface area (Å²) in [4.78, 5) is 29.6. The van der Waals surface area contributed by atoms with Gasteiger partial charge >= 0.3 is 5.97 Å². The normalized spacial score (nSPS) is 16.7. The van der Waals surface area contributed by atoms with Crippen LogP contribution in [0.3, 0.4) is 0 Å². The van der Waals surface area contributed by atoms with Crippen molar-refractivity contribution >= 4 is 43.5 Å². The van der Waals surface area contributed by atoms with Crippen LogP contribution in [-0.2, 0) is 30.9 Å². The molecule has 1 aliphatic rings. The number of thiazole rings is 1. The molecule has 2 heterocycles. The van der Waals surface area contributed by atoms with Gasteiger partial charge in [-0.3, -0.25) is 9.59 Å². The van der Waals surface area contributed by atoms with Crippen molar-refractivity contribution in [2.24, 2.45) is 10.9 Å². The Morgan fingerprint density at radius 2 is 1.97 bits per heavy atom. The van der Waals surface area contributed by atoms with Crippen LogP contribution in [0.4, 0.5) is 0 Å². The Kier molecular flexibility index (Phi) is 6.94. The number of methoxy groups -OCH3 is 1. The SMILES string of the molecule is CCOC(=O)Cn1c(=NC(=O)C2CCN(S(C)(=O)=O)CC2)sc2cc(OC)ccc21. The number of carbonyl (C=O) groups excluding carboxylic acids is 2. The van der Waals surface area contributed by atoms with E-state index in [2.05, 4.69) is 4.99 Å². The standard InChI is InChI=1S/C19H25N3O6S2/c1-4-28-17(23)12-22-15-6-5-14(27-2)11-16(15)29-19(22)20-18(24)13-7-9-21(10-8-13)30(3,25)26/h5-6,11,13H,4,7-10,12H2,1-3H3. The van der Waals surface area contributed by atoms with Gasteiger partial charge in [0.25, 0.3) is 5.91 Å². The van der Waals surface area contributed by atoms with Gasteiger partial charge in [0.15, 0.2) is 4.80 Å². The van der Waals surface area contributed by atoms with Crippen LogP contribution < -0.4 is 9.54 Å². The summed E-state index contributed by atoms with van der Waals surface area (Å²) in [5.41, 5.74) is 0.757. The zero-order valence-electron chi connectivity index (χ0n) is 17.2. The predicted octanol–water partition coefficient (Wildman–Crippen LogP) is 1.37. The highest BCUT2D eigenvalue weighted by atomic mass is 32.2. The minimum absolute atomic E-state index is 0.0567. The molecule has 1 saturated heterocycles. The number of aromatic nitrogens is 1. The van der Waals surface area contributed by atoms with Gasteiger partial charge < -0.3 is 14.0 Å². The molecule has 30 heavy (non-hydrogen) atoms. The molecule has 0 aliphatic carbocycles. The lowest BCUT2D eigenvalue weighted by Crippen LogP contribution is -2.39. The Morgan fingerprint density at radius 3 is 2.57 bits per heavy atom. The van der Waals surface area contributed by atoms with Crippen LogP contribution in [0.5, 0.6) is 5.75 Å². The number of hydrogen-bond acceptors (Lipinski definition) is 7. The van der Waals surface area contributed by atoms with Crippen LogP contribution in [0, 0.1) is 5.92 Å². The van der Waals surface area contributed by atoms with Gasteiger partial charge in [0, 0.05) is 19.0 Å². The Hall–Kier alpha value is -2.24. The summed E-state index contributed by atoms with van der Waals surface area (Å²) in [5, 5.41) is 0. The van der Waals surface area contributed by atoms with E-state index < -0.39 is 16.0 Å². The maximum absolute atomic E-state index is 12.8. The number of nitrogens with zero attached hydrogens (tertiary/aromatic N) is 3. The van der Waals surface area contributed by atoms with E-state index in [0.29, 0.717) is 36.5 Å². The zero-order valence-corrected chi connectivity index (χ0v) is 18.8. The van der Waals surface area contributed by atoms with Gasteiger partial charge in [-0.25, -0.2) is 12.7 Å². The molecule has 0 saturated carbocycles. The number of piperidine rings is 1. The fourth-order valence-electron chi connectivity index (χ4n) is 3.37. The average Bonchev–Trinajstić information content (AvgIpc) is 3.03. The van der Waals surface area contributed by atoms with Gasteiger partial charge in [0.1, 0.15) is 12.3 Å². The maximum atomic E-state index is 12.8. The number of ether oxygens (including phenoxy) is 2. The zero-order chi connectivity index (χ0) is 21.9. The Bertz CT molecular complexity index is 1110. The largest absolute Gasteiger partial charge is 0.497 e. The summed E-state index contributed by atoms with van der Waals surface area (Å²) in [6.07, 6.45) is 2.02. The lowest BCUT2D eigenvalue weighted by Gasteiger charge is -2.28. The molecule has 0 radical (unpaired) electrons. The van der Waals surface area contributed by atoms with E-state index in [1.54, 1.807) is 24.7 Å². The van der Waals surface area contributed by atoms with E-state index in [4.69, 9.17) is 9.47 Å². The number of sulfonamides is 1. The molecule has 1 aromatic heterocycles. The second kappa shape index (κ2) is 9.27. The smallest absolute Gasteiger partial charge is 0.326 e. The molecular weight excluding hydrogens is 430 g/mol. The van der Waals surface area contributed by atoms with Crippen molar-refractivity contribution < 1.29 is 27.5 Å². The van der Waals surface area contributed by atoms with Gasteiger partial charge in [0.05, 0.1) is 30.2 Å². The highest BCUT2D eigenvalue weighted by molar-refractivity contribution is 7.88. The predicted molar refractivity (Wildman–Crippen MR) is 113 cm³/mol. The summed E-state index contributed by atoms with van der Waals surface area (Å²) >= 11 is 1.29. The third kappa shape index (κ3) is 5.08. The number of carbonyl (C=O) groups is 2. The Balaban J connectivity index is 1.92. The minimum atomic E-state index is -3.26. The number of amides is 1. The number of hydrogen-bond donors (Lipinski definition) is 0. The molecule has 9 nitrogen and oxygen atoms in total. The summed E-state index contributed by atoms with van der Waals surface area (Å²) < 4.78 is 37.5. The monoisotopic (exact) mass is 455 g/mol. The number of rotatable bonds is 6. The van der Waals surface area contributed by atoms with Crippen LogP contribution in [0.25, 0.3) is 10.2 Å². The van der Waals surface area contributed by atoms with Crippen LogP contribution in [0.1, 0.15) is 19.8 Å². The molecule has 1 amide bonds. The third-order valence-electron chi connectivity index (χ3n) is 4.96. The second-order valence-electron chi connectivity index (χ2n) is 7.00.